The van der Waals surface area contributed by atoms with E-state index in [1.807, 2.05) is 18.2 Å². The molecule has 1 aromatic carbocycles. The van der Waals surface area contributed by atoms with Crippen LogP contribution in [0.5, 0.6) is 0 Å². The Bertz CT molecular complexity index is 487. The number of carbonyl (C=O) groups is 1. The summed E-state index contributed by atoms with van der Waals surface area (Å²) < 4.78 is 1.09. The molecule has 0 atom stereocenters. The molecule has 1 amide bonds. The minimum absolute atomic E-state index is 0.0893. The summed E-state index contributed by atoms with van der Waals surface area (Å²) in [5, 5.41) is 0. The summed E-state index contributed by atoms with van der Waals surface area (Å²) in [5.41, 5.74) is 1.21. The van der Waals surface area contributed by atoms with E-state index in [0.29, 0.717) is 6.54 Å². The fraction of sp³-hybridized carbons (Fsp3) is 0.471. The van der Waals surface area contributed by atoms with E-state index >= 15 is 0 Å². The second-order valence-corrected chi connectivity index (χ2v) is 5.68. The SMILES string of the molecule is CCCCCC#CC(=O)N(C)CCc1ccccc1Br. The molecule has 1 rings (SSSR count). The van der Waals surface area contributed by atoms with Gasteiger partial charge in [0.2, 0.25) is 0 Å². The Morgan fingerprint density at radius 2 is 2.05 bits per heavy atom. The standard InChI is InChI=1S/C17H22BrNO/c1-3-4-5-6-7-12-17(20)19(2)14-13-15-10-8-9-11-16(15)18/h8-11H,3-6,13-14H2,1-2H3. The first-order valence-corrected chi connectivity index (χ1v) is 7.91. The highest BCUT2D eigenvalue weighted by Gasteiger charge is 2.06. The number of rotatable bonds is 6. The molecule has 0 aliphatic heterocycles. The van der Waals surface area contributed by atoms with Gasteiger partial charge in [0.25, 0.3) is 5.91 Å². The lowest BCUT2D eigenvalue weighted by molar-refractivity contribution is -0.123. The third kappa shape index (κ3) is 6.25. The Morgan fingerprint density at radius 3 is 2.75 bits per heavy atom. The molecule has 1 aromatic rings. The molecule has 0 saturated carbocycles. The largest absolute Gasteiger partial charge is 0.335 e. The van der Waals surface area contributed by atoms with Gasteiger partial charge in [-0.15, -0.1) is 0 Å². The van der Waals surface area contributed by atoms with Crippen LogP contribution in [0.25, 0.3) is 0 Å². The summed E-state index contributed by atoms with van der Waals surface area (Å²) in [5.74, 6) is 5.59. The summed E-state index contributed by atoms with van der Waals surface area (Å²) in [7, 11) is 1.81. The zero-order valence-electron chi connectivity index (χ0n) is 12.3. The van der Waals surface area contributed by atoms with Crippen LogP contribution in [0.1, 0.15) is 38.2 Å². The molecule has 2 nitrogen and oxygen atoms in total. The molecule has 0 bridgehead atoms. The van der Waals surface area contributed by atoms with Gasteiger partial charge in [-0.1, -0.05) is 59.8 Å². The van der Waals surface area contributed by atoms with Crippen LogP contribution in [0, 0.1) is 11.8 Å². The maximum Gasteiger partial charge on any atom is 0.298 e. The molecule has 0 unspecified atom stereocenters. The van der Waals surface area contributed by atoms with E-state index in [0.717, 1.165) is 23.7 Å². The van der Waals surface area contributed by atoms with Crippen molar-refractivity contribution in [1.82, 2.24) is 4.90 Å². The number of hydrogen-bond donors (Lipinski definition) is 0. The fourth-order valence-corrected chi connectivity index (χ4v) is 2.27. The van der Waals surface area contributed by atoms with E-state index in [2.05, 4.69) is 40.8 Å². The summed E-state index contributed by atoms with van der Waals surface area (Å²) in [4.78, 5) is 13.5. The first-order valence-electron chi connectivity index (χ1n) is 7.12. The van der Waals surface area contributed by atoms with Gasteiger partial charge in [0, 0.05) is 24.5 Å². The highest BCUT2D eigenvalue weighted by molar-refractivity contribution is 9.10. The van der Waals surface area contributed by atoms with Gasteiger partial charge in [0.1, 0.15) is 0 Å². The predicted molar refractivity (Wildman–Crippen MR) is 87.4 cm³/mol. The number of amides is 1. The van der Waals surface area contributed by atoms with Crippen molar-refractivity contribution in [3.63, 3.8) is 0 Å². The van der Waals surface area contributed by atoms with Gasteiger partial charge < -0.3 is 4.90 Å². The van der Waals surface area contributed by atoms with Crippen molar-refractivity contribution in [2.24, 2.45) is 0 Å². The van der Waals surface area contributed by atoms with Gasteiger partial charge in [-0.2, -0.15) is 0 Å². The third-order valence-electron chi connectivity index (χ3n) is 3.12. The molecular weight excluding hydrogens is 314 g/mol. The van der Waals surface area contributed by atoms with Crippen molar-refractivity contribution in [3.8, 4) is 11.8 Å². The Labute approximate surface area is 130 Å². The molecule has 20 heavy (non-hydrogen) atoms. The van der Waals surface area contributed by atoms with Gasteiger partial charge in [0.15, 0.2) is 0 Å². The van der Waals surface area contributed by atoms with Crippen LogP contribution in [0.4, 0.5) is 0 Å². The van der Waals surface area contributed by atoms with E-state index in [1.54, 1.807) is 11.9 Å². The van der Waals surface area contributed by atoms with Gasteiger partial charge in [-0.25, -0.2) is 0 Å². The van der Waals surface area contributed by atoms with Gasteiger partial charge >= 0.3 is 0 Å². The molecule has 0 saturated heterocycles. The molecule has 108 valence electrons. The number of nitrogens with zero attached hydrogens (tertiary/aromatic N) is 1. The van der Waals surface area contributed by atoms with Crippen molar-refractivity contribution < 1.29 is 4.79 Å². The molecule has 0 N–H and O–H groups in total. The van der Waals surface area contributed by atoms with Crippen LogP contribution in [-0.2, 0) is 11.2 Å². The van der Waals surface area contributed by atoms with E-state index in [1.165, 1.54) is 18.4 Å². The lowest BCUT2D eigenvalue weighted by Crippen LogP contribution is -2.27. The van der Waals surface area contributed by atoms with Crippen LogP contribution >= 0.6 is 15.9 Å². The highest BCUT2D eigenvalue weighted by Crippen LogP contribution is 2.16. The van der Waals surface area contributed by atoms with Crippen LogP contribution < -0.4 is 0 Å². The number of carbonyl (C=O) groups excluding carboxylic acids is 1. The van der Waals surface area contributed by atoms with E-state index in [9.17, 15) is 4.79 Å². The monoisotopic (exact) mass is 335 g/mol. The van der Waals surface area contributed by atoms with Crippen molar-refractivity contribution in [2.75, 3.05) is 13.6 Å². The van der Waals surface area contributed by atoms with Crippen LogP contribution in [-0.4, -0.2) is 24.4 Å². The van der Waals surface area contributed by atoms with Crippen molar-refractivity contribution in [3.05, 3.63) is 34.3 Å². The molecule has 0 aliphatic carbocycles. The average Bonchev–Trinajstić information content (AvgIpc) is 2.45. The number of hydrogen-bond acceptors (Lipinski definition) is 1. The summed E-state index contributed by atoms with van der Waals surface area (Å²) >= 11 is 3.52. The minimum atomic E-state index is -0.0893. The Balaban J connectivity index is 2.37. The predicted octanol–water partition coefficient (Wildman–Crippen LogP) is 4.03. The Morgan fingerprint density at radius 1 is 1.30 bits per heavy atom. The van der Waals surface area contributed by atoms with Gasteiger partial charge in [-0.3, -0.25) is 4.79 Å². The summed E-state index contributed by atoms with van der Waals surface area (Å²) in [6.45, 7) is 2.85. The second kappa shape index (κ2) is 9.61. The van der Waals surface area contributed by atoms with E-state index in [4.69, 9.17) is 0 Å². The minimum Gasteiger partial charge on any atom is -0.335 e. The molecule has 0 aliphatic rings. The van der Waals surface area contributed by atoms with Crippen molar-refractivity contribution in [2.45, 2.75) is 39.0 Å². The average molecular weight is 336 g/mol. The summed E-state index contributed by atoms with van der Waals surface area (Å²) in [6, 6.07) is 8.09. The highest BCUT2D eigenvalue weighted by atomic mass is 79.9. The smallest absolute Gasteiger partial charge is 0.298 e. The molecule has 0 radical (unpaired) electrons. The summed E-state index contributed by atoms with van der Waals surface area (Å²) in [6.07, 6.45) is 5.10. The number of likely N-dealkylation sites (N-methyl/N-ethyl adjacent to an activating group) is 1. The Hall–Kier alpha value is -1.27. The molecule has 0 aromatic heterocycles. The van der Waals surface area contributed by atoms with Crippen LogP contribution in [0.3, 0.4) is 0 Å². The molecule has 0 spiro atoms. The van der Waals surface area contributed by atoms with E-state index < -0.39 is 0 Å². The number of benzene rings is 1. The molecular formula is C17H22BrNO. The molecule has 3 heteroatoms. The Kier molecular flexibility index (Phi) is 8.06. The topological polar surface area (TPSA) is 20.3 Å². The first-order chi connectivity index (χ1) is 9.65. The third-order valence-corrected chi connectivity index (χ3v) is 3.90. The maximum atomic E-state index is 11.8. The zero-order valence-corrected chi connectivity index (χ0v) is 13.9. The molecule has 0 heterocycles. The lowest BCUT2D eigenvalue weighted by Gasteiger charge is -2.14. The van der Waals surface area contributed by atoms with Gasteiger partial charge in [-0.05, 0) is 30.4 Å². The van der Waals surface area contributed by atoms with Crippen LogP contribution in [0.15, 0.2) is 28.7 Å². The van der Waals surface area contributed by atoms with E-state index in [-0.39, 0.29) is 5.91 Å². The zero-order chi connectivity index (χ0) is 14.8. The van der Waals surface area contributed by atoms with Crippen molar-refractivity contribution in [1.29, 1.82) is 0 Å². The maximum absolute atomic E-state index is 11.8. The van der Waals surface area contributed by atoms with Crippen LogP contribution in [0.2, 0.25) is 0 Å². The normalized spacial score (nSPS) is 9.75. The van der Waals surface area contributed by atoms with Crippen molar-refractivity contribution >= 4 is 21.8 Å². The molecule has 0 fully saturated rings. The lowest BCUT2D eigenvalue weighted by atomic mass is 10.1. The number of halogens is 1. The van der Waals surface area contributed by atoms with Gasteiger partial charge in [0.05, 0.1) is 0 Å². The quantitative estimate of drug-likeness (QED) is 0.567. The first kappa shape index (κ1) is 16.8. The fourth-order valence-electron chi connectivity index (χ4n) is 1.79. The number of unbranched alkanes of at least 4 members (excludes halogenated alkanes) is 3. The second-order valence-electron chi connectivity index (χ2n) is 4.83.